The van der Waals surface area contributed by atoms with Gasteiger partial charge in [0.05, 0.1) is 17.0 Å². The van der Waals surface area contributed by atoms with Crippen LogP contribution >= 0.6 is 11.6 Å². The molecule has 0 saturated carbocycles. The molecule has 0 aliphatic carbocycles. The molecular weight excluding hydrogens is 302 g/mol. The number of esters is 1. The summed E-state index contributed by atoms with van der Waals surface area (Å²) in [6.45, 7) is 1.87. The zero-order chi connectivity index (χ0) is 14.9. The van der Waals surface area contributed by atoms with Crippen molar-refractivity contribution in [3.05, 3.63) is 29.4 Å². The summed E-state index contributed by atoms with van der Waals surface area (Å²) >= 11 is 5.95. The van der Waals surface area contributed by atoms with Gasteiger partial charge in [0.15, 0.2) is 9.84 Å². The van der Waals surface area contributed by atoms with Gasteiger partial charge in [-0.15, -0.1) is 0 Å². The molecule has 0 fully saturated rings. The molecule has 1 aromatic carbocycles. The Morgan fingerprint density at radius 1 is 1.40 bits per heavy atom. The summed E-state index contributed by atoms with van der Waals surface area (Å²) in [4.78, 5) is 11.0. The molecule has 0 radical (unpaired) electrons. The highest BCUT2D eigenvalue weighted by Crippen LogP contribution is 2.27. The smallest absolute Gasteiger partial charge is 0.302 e. The Balaban J connectivity index is 2.48. The van der Waals surface area contributed by atoms with Crippen molar-refractivity contribution >= 4 is 38.3 Å². The Labute approximate surface area is 122 Å². The van der Waals surface area contributed by atoms with Crippen molar-refractivity contribution in [1.82, 2.24) is 4.57 Å². The molecule has 0 amide bonds. The largest absolute Gasteiger partial charge is 0.464 e. The van der Waals surface area contributed by atoms with E-state index < -0.39 is 9.84 Å². The van der Waals surface area contributed by atoms with Crippen molar-refractivity contribution in [3.63, 3.8) is 0 Å². The van der Waals surface area contributed by atoms with Gasteiger partial charge in [-0.05, 0) is 12.1 Å². The number of carbonyl (C=O) groups is 1. The number of benzene rings is 1. The highest BCUT2D eigenvalue weighted by molar-refractivity contribution is 7.91. The van der Waals surface area contributed by atoms with E-state index in [1.54, 1.807) is 29.0 Å². The number of hydrogen-bond donors (Lipinski definition) is 0. The van der Waals surface area contributed by atoms with Gasteiger partial charge < -0.3 is 9.30 Å². The Morgan fingerprint density at radius 3 is 2.70 bits per heavy atom. The second kappa shape index (κ2) is 5.46. The molecule has 0 unspecified atom stereocenters. The van der Waals surface area contributed by atoms with Crippen molar-refractivity contribution in [2.24, 2.45) is 0 Å². The summed E-state index contributed by atoms with van der Waals surface area (Å²) in [6.07, 6.45) is 2.70. The second-order valence-corrected chi connectivity index (χ2v) is 6.88. The Morgan fingerprint density at radius 2 is 2.10 bits per heavy atom. The van der Waals surface area contributed by atoms with Crippen LogP contribution in [0.1, 0.15) is 6.92 Å². The molecule has 0 N–H and O–H groups in total. The van der Waals surface area contributed by atoms with E-state index in [-0.39, 0.29) is 17.5 Å². The van der Waals surface area contributed by atoms with Gasteiger partial charge in [0.1, 0.15) is 6.61 Å². The van der Waals surface area contributed by atoms with Crippen LogP contribution < -0.4 is 0 Å². The lowest BCUT2D eigenvalue weighted by molar-refractivity contribution is -0.141. The number of carbonyl (C=O) groups excluding carboxylic acids is 1. The van der Waals surface area contributed by atoms with E-state index in [9.17, 15) is 13.2 Å². The van der Waals surface area contributed by atoms with Crippen LogP contribution in [0.4, 0.5) is 0 Å². The lowest BCUT2D eigenvalue weighted by atomic mass is 10.2. The molecule has 108 valence electrons. The van der Waals surface area contributed by atoms with Crippen LogP contribution in [0.3, 0.4) is 0 Å². The molecule has 5 nitrogen and oxygen atoms in total. The zero-order valence-corrected chi connectivity index (χ0v) is 12.7. The van der Waals surface area contributed by atoms with Crippen LogP contribution in [-0.2, 0) is 25.9 Å². The van der Waals surface area contributed by atoms with E-state index >= 15 is 0 Å². The van der Waals surface area contributed by atoms with Crippen molar-refractivity contribution in [2.45, 2.75) is 18.4 Å². The molecule has 1 aromatic heterocycles. The molecule has 0 bridgehead atoms. The van der Waals surface area contributed by atoms with Crippen LogP contribution in [0.15, 0.2) is 29.3 Å². The van der Waals surface area contributed by atoms with Crippen molar-refractivity contribution in [3.8, 4) is 0 Å². The summed E-state index contributed by atoms with van der Waals surface area (Å²) in [5.41, 5.74) is 0.699. The molecule has 0 saturated heterocycles. The maximum Gasteiger partial charge on any atom is 0.302 e. The highest BCUT2D eigenvalue weighted by Gasteiger charge is 2.17. The number of aromatic nitrogens is 1. The molecule has 0 spiro atoms. The zero-order valence-electron chi connectivity index (χ0n) is 11.1. The first-order valence-corrected chi connectivity index (χ1v) is 8.18. The number of fused-ring (bicyclic) bond motifs is 1. The molecule has 20 heavy (non-hydrogen) atoms. The monoisotopic (exact) mass is 315 g/mol. The lowest BCUT2D eigenvalue weighted by Crippen LogP contribution is -2.08. The Bertz CT molecular complexity index is 764. The normalized spacial score (nSPS) is 11.8. The second-order valence-electron chi connectivity index (χ2n) is 4.46. The van der Waals surface area contributed by atoms with Crippen LogP contribution in [-0.4, -0.2) is 31.8 Å². The fourth-order valence-corrected chi connectivity index (χ4v) is 3.06. The van der Waals surface area contributed by atoms with Crippen LogP contribution in [0.5, 0.6) is 0 Å². The van der Waals surface area contributed by atoms with E-state index in [2.05, 4.69) is 0 Å². The van der Waals surface area contributed by atoms with Gasteiger partial charge in [-0.2, -0.15) is 0 Å². The number of hydrogen-bond acceptors (Lipinski definition) is 4. The maximum absolute atomic E-state index is 11.8. The van der Waals surface area contributed by atoms with Crippen molar-refractivity contribution < 1.29 is 17.9 Å². The van der Waals surface area contributed by atoms with Crippen LogP contribution in [0.2, 0.25) is 5.02 Å². The minimum atomic E-state index is -3.33. The topological polar surface area (TPSA) is 65.4 Å². The van der Waals surface area contributed by atoms with E-state index in [0.29, 0.717) is 22.5 Å². The standard InChI is InChI=1S/C13H14ClNO4S/c1-9(16)19-6-5-15-8-13(20(2,17)18)11-4-3-10(14)7-12(11)15/h3-4,7-8H,5-6H2,1-2H3. The lowest BCUT2D eigenvalue weighted by Gasteiger charge is -2.05. The van der Waals surface area contributed by atoms with Gasteiger partial charge >= 0.3 is 5.97 Å². The molecule has 7 heteroatoms. The summed E-state index contributed by atoms with van der Waals surface area (Å²) in [5.74, 6) is -0.372. The van der Waals surface area contributed by atoms with E-state index in [1.807, 2.05) is 0 Å². The number of rotatable bonds is 4. The van der Waals surface area contributed by atoms with Gasteiger partial charge in [-0.25, -0.2) is 8.42 Å². The third-order valence-electron chi connectivity index (χ3n) is 2.84. The molecule has 0 aliphatic heterocycles. The van der Waals surface area contributed by atoms with E-state index in [4.69, 9.17) is 16.3 Å². The van der Waals surface area contributed by atoms with Gasteiger partial charge in [-0.1, -0.05) is 17.7 Å². The van der Waals surface area contributed by atoms with Crippen LogP contribution in [0, 0.1) is 0 Å². The first kappa shape index (κ1) is 14.9. The van der Waals surface area contributed by atoms with Gasteiger partial charge in [0.25, 0.3) is 0 Å². The third-order valence-corrected chi connectivity index (χ3v) is 4.20. The molecule has 2 rings (SSSR count). The Kier molecular flexibility index (Phi) is 4.06. The SMILES string of the molecule is CC(=O)OCCn1cc(S(C)(=O)=O)c2ccc(Cl)cc21. The predicted octanol–water partition coefficient (Wildman–Crippen LogP) is 2.26. The molecule has 2 aromatic rings. The van der Waals surface area contributed by atoms with Gasteiger partial charge in [0, 0.05) is 29.8 Å². The summed E-state index contributed by atoms with van der Waals surface area (Å²) in [5, 5.41) is 1.13. The van der Waals surface area contributed by atoms with Crippen molar-refractivity contribution in [2.75, 3.05) is 12.9 Å². The quantitative estimate of drug-likeness (QED) is 0.812. The summed E-state index contributed by atoms with van der Waals surface area (Å²) < 4.78 is 30.2. The van der Waals surface area contributed by atoms with E-state index in [0.717, 1.165) is 6.26 Å². The molecular formula is C13H14ClNO4S. The maximum atomic E-state index is 11.8. The minimum absolute atomic E-state index is 0.175. The predicted molar refractivity (Wildman–Crippen MR) is 76.7 cm³/mol. The summed E-state index contributed by atoms with van der Waals surface area (Å²) in [6, 6.07) is 5.02. The van der Waals surface area contributed by atoms with Gasteiger partial charge in [-0.3, -0.25) is 4.79 Å². The number of nitrogens with zero attached hydrogens (tertiary/aromatic N) is 1. The van der Waals surface area contributed by atoms with Crippen molar-refractivity contribution in [1.29, 1.82) is 0 Å². The first-order chi connectivity index (χ1) is 9.29. The van der Waals surface area contributed by atoms with E-state index in [1.165, 1.54) is 6.92 Å². The van der Waals surface area contributed by atoms with Gasteiger partial charge in [0.2, 0.25) is 0 Å². The number of halogens is 1. The third kappa shape index (κ3) is 3.13. The molecule has 1 heterocycles. The Hall–Kier alpha value is -1.53. The summed E-state index contributed by atoms with van der Waals surface area (Å²) in [7, 11) is -3.33. The fraction of sp³-hybridized carbons (Fsp3) is 0.308. The average molecular weight is 316 g/mol. The molecule has 0 aliphatic rings. The first-order valence-electron chi connectivity index (χ1n) is 5.91. The highest BCUT2D eigenvalue weighted by atomic mass is 35.5. The fourth-order valence-electron chi connectivity index (χ4n) is 2.00. The van der Waals surface area contributed by atoms with Crippen LogP contribution in [0.25, 0.3) is 10.9 Å². The number of sulfone groups is 1. The molecule has 0 atom stereocenters. The average Bonchev–Trinajstić information content (AvgIpc) is 2.67. The number of ether oxygens (including phenoxy) is 1. The minimum Gasteiger partial charge on any atom is -0.464 e.